The lowest BCUT2D eigenvalue weighted by Crippen LogP contribution is -2.68. The quantitative estimate of drug-likeness (QED) is 0.276. The van der Waals surface area contributed by atoms with Gasteiger partial charge in [-0.05, 0) is 57.2 Å². The van der Waals surface area contributed by atoms with Gasteiger partial charge in [-0.3, -0.25) is 4.79 Å². The summed E-state index contributed by atoms with van der Waals surface area (Å²) in [7, 11) is 1.00. The van der Waals surface area contributed by atoms with Crippen LogP contribution in [-0.2, 0) is 19.0 Å². The van der Waals surface area contributed by atoms with Crippen LogP contribution in [0, 0.1) is 11.8 Å². The Morgan fingerprint density at radius 1 is 1.08 bits per heavy atom. The number of furan rings is 1. The van der Waals surface area contributed by atoms with Crippen LogP contribution in [0.3, 0.4) is 0 Å². The van der Waals surface area contributed by atoms with Crippen molar-refractivity contribution in [3.63, 3.8) is 0 Å². The number of hydrogen-bond donors (Lipinski definition) is 2. The monoisotopic (exact) mass is 709 g/mol. The summed E-state index contributed by atoms with van der Waals surface area (Å²) in [5, 5.41) is 7.75. The Balaban J connectivity index is 0.000000183. The highest BCUT2D eigenvalue weighted by Gasteiger charge is 2.50. The number of aliphatic hydroxyl groups is 1. The molecule has 4 aromatic rings. The van der Waals surface area contributed by atoms with E-state index in [-0.39, 0.29) is 23.3 Å². The summed E-state index contributed by atoms with van der Waals surface area (Å²) in [5.74, 6) is 6.45. The van der Waals surface area contributed by atoms with Crippen molar-refractivity contribution in [3.05, 3.63) is 58.3 Å². The molecule has 8 rings (SSSR count). The lowest BCUT2D eigenvalue weighted by atomic mass is 9.90. The Bertz CT molecular complexity index is 1860. The third kappa shape index (κ3) is 8.39. The van der Waals surface area contributed by atoms with Gasteiger partial charge in [-0.15, -0.1) is 0 Å². The maximum absolute atomic E-state index is 13.1. The average molecular weight is 710 g/mol. The summed E-state index contributed by atoms with van der Waals surface area (Å²) >= 11 is 0. The summed E-state index contributed by atoms with van der Waals surface area (Å²) in [4.78, 5) is 35.4. The minimum absolute atomic E-state index is 0.0877. The molecule has 0 amide bonds. The van der Waals surface area contributed by atoms with Crippen molar-refractivity contribution in [2.24, 2.45) is 0 Å². The molecule has 14 heteroatoms. The fraction of sp³-hybridized carbons (Fsp3) is 0.514. The molecule has 4 aliphatic heterocycles. The molecule has 4 fully saturated rings. The van der Waals surface area contributed by atoms with Crippen molar-refractivity contribution in [2.75, 3.05) is 63.0 Å². The molecule has 0 radical (unpaired) electrons. The van der Waals surface area contributed by atoms with Crippen molar-refractivity contribution in [1.29, 1.82) is 0 Å². The number of carbonyl (C=O) groups is 1. The van der Waals surface area contributed by atoms with Gasteiger partial charge in [0, 0.05) is 56.9 Å². The predicted molar refractivity (Wildman–Crippen MR) is 189 cm³/mol. The zero-order chi connectivity index (χ0) is 36.4. The Morgan fingerprint density at radius 2 is 1.84 bits per heavy atom. The van der Waals surface area contributed by atoms with E-state index in [1.54, 1.807) is 6.20 Å². The van der Waals surface area contributed by atoms with Gasteiger partial charge in [-0.2, -0.15) is 0 Å². The molecule has 2 N–H and O–H groups in total. The largest absolute Gasteiger partial charge is 0.450 e. The van der Waals surface area contributed by atoms with E-state index in [0.29, 0.717) is 54.6 Å². The molecular formula is C37H45F2N5O7. The van der Waals surface area contributed by atoms with Gasteiger partial charge >= 0.3 is 0 Å². The minimum Gasteiger partial charge on any atom is -0.450 e. The number of H-pyrrole nitrogens is 1. The normalized spacial score (nSPS) is 20.7. The first kappa shape index (κ1) is 37.8. The first-order valence-electron chi connectivity index (χ1n) is 17.2. The Hall–Kier alpha value is -4.42. The van der Waals surface area contributed by atoms with Crippen LogP contribution in [0.15, 0.2) is 45.7 Å². The molecule has 2 unspecified atom stereocenters. The van der Waals surface area contributed by atoms with Crippen LogP contribution in [0.25, 0.3) is 22.1 Å². The molecule has 51 heavy (non-hydrogen) atoms. The number of nitrogens with one attached hydrogen (secondary N) is 1. The number of benzene rings is 1. The SMILES string of the molecule is C=O.CC1N(c2cc(C#CCC3CCCCO3)c[nH]c2=O)CCOC12COC2.CO.FC(F)c1nc(N2CCCC2)c2oc3ccccc3c2n1. The number of fused-ring (bicyclic) bond motifs is 3. The van der Waals surface area contributed by atoms with E-state index in [4.69, 9.17) is 28.5 Å². The molecule has 0 saturated carbocycles. The van der Waals surface area contributed by atoms with Gasteiger partial charge in [-0.1, -0.05) is 24.0 Å². The molecule has 0 bridgehead atoms. The van der Waals surface area contributed by atoms with E-state index in [0.717, 1.165) is 69.9 Å². The van der Waals surface area contributed by atoms with E-state index in [1.807, 2.05) is 42.0 Å². The number of alkyl halides is 2. The second-order valence-electron chi connectivity index (χ2n) is 12.5. The summed E-state index contributed by atoms with van der Waals surface area (Å²) in [6, 6.07) is 9.32. The van der Waals surface area contributed by atoms with Crippen molar-refractivity contribution < 1.29 is 37.3 Å². The van der Waals surface area contributed by atoms with E-state index in [2.05, 4.69) is 38.6 Å². The van der Waals surface area contributed by atoms with Crippen LogP contribution >= 0.6 is 0 Å². The van der Waals surface area contributed by atoms with Crippen molar-refractivity contribution in [2.45, 2.75) is 69.6 Å². The van der Waals surface area contributed by atoms with E-state index in [9.17, 15) is 13.6 Å². The van der Waals surface area contributed by atoms with Crippen LogP contribution in [0.5, 0.6) is 0 Å². The van der Waals surface area contributed by atoms with Crippen molar-refractivity contribution in [3.8, 4) is 11.8 Å². The minimum atomic E-state index is -2.69. The number of para-hydroxylation sites is 1. The van der Waals surface area contributed by atoms with Crippen LogP contribution in [0.4, 0.5) is 20.3 Å². The second kappa shape index (κ2) is 17.7. The zero-order valence-electron chi connectivity index (χ0n) is 29.0. The van der Waals surface area contributed by atoms with E-state index >= 15 is 0 Å². The molecule has 4 aliphatic rings. The number of rotatable bonds is 4. The molecule has 274 valence electrons. The third-order valence-corrected chi connectivity index (χ3v) is 9.49. The number of aliphatic hydroxyl groups excluding tert-OH is 1. The van der Waals surface area contributed by atoms with Gasteiger partial charge < -0.3 is 43.3 Å². The van der Waals surface area contributed by atoms with Gasteiger partial charge in [0.05, 0.1) is 32.0 Å². The van der Waals surface area contributed by atoms with Gasteiger partial charge in [0.2, 0.25) is 0 Å². The average Bonchev–Trinajstić information content (AvgIpc) is 3.83. The van der Waals surface area contributed by atoms with E-state index < -0.39 is 12.2 Å². The number of ether oxygens (including phenoxy) is 3. The molecule has 7 heterocycles. The Kier molecular flexibility index (Phi) is 13.1. The summed E-state index contributed by atoms with van der Waals surface area (Å²) < 4.78 is 49.0. The third-order valence-electron chi connectivity index (χ3n) is 9.49. The highest BCUT2D eigenvalue weighted by molar-refractivity contribution is 6.05. The summed E-state index contributed by atoms with van der Waals surface area (Å²) in [6.07, 6.45) is 5.51. The van der Waals surface area contributed by atoms with E-state index in [1.165, 1.54) is 6.42 Å². The first-order chi connectivity index (χ1) is 24.9. The van der Waals surface area contributed by atoms with Crippen molar-refractivity contribution >= 4 is 40.4 Å². The highest BCUT2D eigenvalue weighted by atomic mass is 19.3. The number of halogens is 2. The highest BCUT2D eigenvalue weighted by Crippen LogP contribution is 2.36. The fourth-order valence-corrected chi connectivity index (χ4v) is 6.73. The predicted octanol–water partition coefficient (Wildman–Crippen LogP) is 5.02. The number of morpholine rings is 1. The molecule has 2 atom stereocenters. The second-order valence-corrected chi connectivity index (χ2v) is 12.5. The number of nitrogens with zero attached hydrogens (tertiary/aromatic N) is 4. The summed E-state index contributed by atoms with van der Waals surface area (Å²) in [5.41, 5.74) is 2.73. The lowest BCUT2D eigenvalue weighted by molar-refractivity contribution is -0.228. The van der Waals surface area contributed by atoms with Gasteiger partial charge in [0.1, 0.15) is 29.2 Å². The number of carbonyl (C=O) groups excluding carboxylic acids is 1. The van der Waals surface area contributed by atoms with Gasteiger partial charge in [-0.25, -0.2) is 18.7 Å². The molecular weight excluding hydrogens is 664 g/mol. The van der Waals surface area contributed by atoms with Gasteiger partial charge in [0.15, 0.2) is 17.2 Å². The van der Waals surface area contributed by atoms with Crippen LogP contribution < -0.4 is 15.4 Å². The Labute approximate surface area is 295 Å². The lowest BCUT2D eigenvalue weighted by Gasteiger charge is -2.53. The topological polar surface area (TPSA) is 143 Å². The number of pyridine rings is 1. The maximum Gasteiger partial charge on any atom is 0.297 e. The Morgan fingerprint density at radius 3 is 2.53 bits per heavy atom. The smallest absolute Gasteiger partial charge is 0.297 e. The maximum atomic E-state index is 13.1. The molecule has 1 aromatic carbocycles. The van der Waals surface area contributed by atoms with Crippen LogP contribution in [0.2, 0.25) is 0 Å². The van der Waals surface area contributed by atoms with Crippen molar-refractivity contribution in [1.82, 2.24) is 15.0 Å². The number of aromatic nitrogens is 3. The number of anilines is 2. The molecule has 4 saturated heterocycles. The fourth-order valence-electron chi connectivity index (χ4n) is 6.73. The standard InChI is InChI=1S/C20H26N2O4.C15H13F2N3O.CH4O.CH2O/c1-15-20(13-24-14-20)26-10-8-22(15)18-11-16(12-21-19(18)23)5-4-7-17-6-2-3-9-25-17;16-13(17)14-18-11-9-5-1-2-6-10(9)21-12(11)15(19-14)20-7-3-4-8-20;2*1-2/h11-12,15,17H,2-3,6-10,13-14H2,1H3,(H,21,23);1-2,5-6,13H,3-4,7-8H2;2H,1H3;1H2. The number of aromatic amines is 1. The summed E-state index contributed by atoms with van der Waals surface area (Å²) in [6.45, 7) is 9.03. The first-order valence-corrected chi connectivity index (χ1v) is 17.2. The number of hydrogen-bond acceptors (Lipinski definition) is 11. The zero-order valence-corrected chi connectivity index (χ0v) is 29.0. The molecule has 3 aromatic heterocycles. The van der Waals surface area contributed by atoms with Crippen LogP contribution in [0.1, 0.15) is 63.3 Å². The molecule has 1 spiro atoms. The molecule has 0 aliphatic carbocycles. The van der Waals surface area contributed by atoms with Crippen LogP contribution in [-0.4, -0.2) is 97.8 Å². The molecule has 12 nitrogen and oxygen atoms in total. The van der Waals surface area contributed by atoms with Gasteiger partial charge in [0.25, 0.3) is 12.0 Å².